The third-order valence-corrected chi connectivity index (χ3v) is 1.76. The summed E-state index contributed by atoms with van der Waals surface area (Å²) in [5.74, 6) is 0.697. The maximum absolute atomic E-state index is 3.89. The van der Waals surface area contributed by atoms with Crippen molar-refractivity contribution in [1.29, 1.82) is 0 Å². The lowest BCUT2D eigenvalue weighted by molar-refractivity contribution is 0.697. The first-order valence-electron chi connectivity index (χ1n) is 4.06. The van der Waals surface area contributed by atoms with Gasteiger partial charge in [0.25, 0.3) is 0 Å². The molecule has 0 spiro atoms. The Bertz CT molecular complexity index is 120. The van der Waals surface area contributed by atoms with Crippen molar-refractivity contribution < 1.29 is 0 Å². The highest BCUT2D eigenvalue weighted by molar-refractivity contribution is 5.13. The Morgan fingerprint density at radius 3 is 2.50 bits per heavy atom. The molecule has 10 heavy (non-hydrogen) atoms. The third-order valence-electron chi connectivity index (χ3n) is 1.76. The first kappa shape index (κ1) is 9.48. The summed E-state index contributed by atoms with van der Waals surface area (Å²) in [5, 5.41) is 0. The van der Waals surface area contributed by atoms with E-state index >= 15 is 0 Å². The lowest BCUT2D eigenvalue weighted by Crippen LogP contribution is -1.84. The van der Waals surface area contributed by atoms with Crippen LogP contribution < -0.4 is 0 Å². The summed E-state index contributed by atoms with van der Waals surface area (Å²) in [6, 6.07) is 0. The van der Waals surface area contributed by atoms with Crippen LogP contribution in [0.2, 0.25) is 0 Å². The van der Waals surface area contributed by atoms with Crippen LogP contribution in [-0.4, -0.2) is 0 Å². The number of hydrogen-bond acceptors (Lipinski definition) is 0. The maximum Gasteiger partial charge on any atom is -0.0261 e. The quantitative estimate of drug-likeness (QED) is 0.521. The molecule has 0 fully saturated rings. The van der Waals surface area contributed by atoms with Crippen LogP contribution in [0.25, 0.3) is 0 Å². The average molecular weight is 138 g/mol. The molecule has 1 atom stereocenters. The molecule has 0 aliphatic carbocycles. The molecule has 0 aromatic carbocycles. The molecule has 0 aromatic heterocycles. The van der Waals surface area contributed by atoms with Crippen LogP contribution in [0.3, 0.4) is 0 Å². The van der Waals surface area contributed by atoms with Crippen molar-refractivity contribution in [3.05, 3.63) is 24.3 Å². The molecular weight excluding hydrogens is 120 g/mol. The highest BCUT2D eigenvalue weighted by Gasteiger charge is 1.89. The van der Waals surface area contributed by atoms with Crippen LogP contribution in [-0.2, 0) is 0 Å². The predicted octanol–water partition coefficient (Wildman–Crippen LogP) is 3.55. The molecule has 0 nitrogen and oxygen atoms in total. The van der Waals surface area contributed by atoms with E-state index in [4.69, 9.17) is 0 Å². The van der Waals surface area contributed by atoms with Crippen molar-refractivity contribution in [2.75, 3.05) is 0 Å². The van der Waals surface area contributed by atoms with Gasteiger partial charge >= 0.3 is 0 Å². The molecule has 0 saturated carbocycles. The summed E-state index contributed by atoms with van der Waals surface area (Å²) in [4.78, 5) is 0. The second kappa shape index (κ2) is 5.28. The van der Waals surface area contributed by atoms with Gasteiger partial charge in [-0.05, 0) is 12.3 Å². The highest BCUT2D eigenvalue weighted by Crippen LogP contribution is 2.05. The van der Waals surface area contributed by atoms with Gasteiger partial charge in [-0.25, -0.2) is 0 Å². The van der Waals surface area contributed by atoms with E-state index in [1.54, 1.807) is 0 Å². The van der Waals surface area contributed by atoms with E-state index in [0.29, 0.717) is 5.92 Å². The number of allylic oxidation sites excluding steroid dienone is 3. The standard InChI is InChI=1S/C10H18/c1-5-9(3)7-8-10(4)6-2/h7-8,10H,3,5-6H2,1-2,4H3. The van der Waals surface area contributed by atoms with Gasteiger partial charge < -0.3 is 0 Å². The Morgan fingerprint density at radius 1 is 1.50 bits per heavy atom. The molecule has 0 heterocycles. The van der Waals surface area contributed by atoms with Crippen LogP contribution in [0.15, 0.2) is 24.3 Å². The van der Waals surface area contributed by atoms with Gasteiger partial charge in [0, 0.05) is 0 Å². The van der Waals surface area contributed by atoms with E-state index < -0.39 is 0 Å². The molecule has 0 heteroatoms. The minimum Gasteiger partial charge on any atom is -0.0959 e. The van der Waals surface area contributed by atoms with Crippen LogP contribution in [0, 0.1) is 5.92 Å². The molecule has 0 radical (unpaired) electrons. The molecule has 58 valence electrons. The Morgan fingerprint density at radius 2 is 2.10 bits per heavy atom. The van der Waals surface area contributed by atoms with Crippen molar-refractivity contribution in [3.63, 3.8) is 0 Å². The molecule has 0 aliphatic rings. The Labute approximate surface area is 64.6 Å². The van der Waals surface area contributed by atoms with Gasteiger partial charge in [0.05, 0.1) is 0 Å². The molecule has 1 unspecified atom stereocenters. The second-order valence-corrected chi connectivity index (χ2v) is 2.76. The van der Waals surface area contributed by atoms with Gasteiger partial charge in [-0.3, -0.25) is 0 Å². The molecule has 0 rings (SSSR count). The first-order chi connectivity index (χ1) is 4.70. The topological polar surface area (TPSA) is 0 Å². The molecule has 0 amide bonds. The van der Waals surface area contributed by atoms with E-state index in [1.165, 1.54) is 12.0 Å². The molecule has 0 bridgehead atoms. The van der Waals surface area contributed by atoms with Crippen LogP contribution >= 0.6 is 0 Å². The van der Waals surface area contributed by atoms with Crippen molar-refractivity contribution in [2.24, 2.45) is 5.92 Å². The van der Waals surface area contributed by atoms with E-state index in [1.807, 2.05) is 0 Å². The predicted molar refractivity (Wildman–Crippen MR) is 48.0 cm³/mol. The largest absolute Gasteiger partial charge is 0.0959 e. The number of hydrogen-bond donors (Lipinski definition) is 0. The van der Waals surface area contributed by atoms with Gasteiger partial charge in [-0.1, -0.05) is 51.5 Å². The lowest BCUT2D eigenvalue weighted by atomic mass is 10.1. The molecule has 0 N–H and O–H groups in total. The normalized spacial score (nSPS) is 13.9. The van der Waals surface area contributed by atoms with Gasteiger partial charge in [0.1, 0.15) is 0 Å². The highest BCUT2D eigenvalue weighted by atomic mass is 14.0. The Hall–Kier alpha value is -0.520. The van der Waals surface area contributed by atoms with Crippen molar-refractivity contribution in [3.8, 4) is 0 Å². The zero-order chi connectivity index (χ0) is 7.98. The number of rotatable bonds is 4. The van der Waals surface area contributed by atoms with Gasteiger partial charge in [-0.15, -0.1) is 0 Å². The molecular formula is C10H18. The van der Waals surface area contributed by atoms with Gasteiger partial charge in [-0.2, -0.15) is 0 Å². The lowest BCUT2D eigenvalue weighted by Gasteiger charge is -1.99. The minimum absolute atomic E-state index is 0.697. The van der Waals surface area contributed by atoms with Gasteiger partial charge in [0.2, 0.25) is 0 Å². The van der Waals surface area contributed by atoms with E-state index in [-0.39, 0.29) is 0 Å². The van der Waals surface area contributed by atoms with Crippen LogP contribution in [0.1, 0.15) is 33.6 Å². The van der Waals surface area contributed by atoms with Crippen molar-refractivity contribution in [2.45, 2.75) is 33.6 Å². The van der Waals surface area contributed by atoms with Crippen LogP contribution in [0.4, 0.5) is 0 Å². The molecule has 0 saturated heterocycles. The fourth-order valence-electron chi connectivity index (χ4n) is 0.554. The van der Waals surface area contributed by atoms with E-state index in [0.717, 1.165) is 6.42 Å². The fourth-order valence-corrected chi connectivity index (χ4v) is 0.554. The Kier molecular flexibility index (Phi) is 5.00. The zero-order valence-electron chi connectivity index (χ0n) is 7.35. The van der Waals surface area contributed by atoms with Crippen LogP contribution in [0.5, 0.6) is 0 Å². The summed E-state index contributed by atoms with van der Waals surface area (Å²) >= 11 is 0. The van der Waals surface area contributed by atoms with Crippen molar-refractivity contribution in [1.82, 2.24) is 0 Å². The minimum atomic E-state index is 0.697. The smallest absolute Gasteiger partial charge is 0.0261 e. The zero-order valence-corrected chi connectivity index (χ0v) is 7.35. The maximum atomic E-state index is 3.89. The second-order valence-electron chi connectivity index (χ2n) is 2.76. The first-order valence-corrected chi connectivity index (χ1v) is 4.06. The molecule has 0 aliphatic heterocycles. The SMILES string of the molecule is C=C(C=CC(C)CC)CC. The monoisotopic (exact) mass is 138 g/mol. The molecule has 0 aromatic rings. The summed E-state index contributed by atoms with van der Waals surface area (Å²) in [7, 11) is 0. The fraction of sp³-hybridized carbons (Fsp3) is 0.600. The van der Waals surface area contributed by atoms with Gasteiger partial charge in [0.15, 0.2) is 0 Å². The van der Waals surface area contributed by atoms with E-state index in [9.17, 15) is 0 Å². The van der Waals surface area contributed by atoms with E-state index in [2.05, 4.69) is 39.5 Å². The summed E-state index contributed by atoms with van der Waals surface area (Å²) in [6.45, 7) is 10.4. The summed E-state index contributed by atoms with van der Waals surface area (Å²) in [5.41, 5.74) is 1.22. The third kappa shape index (κ3) is 4.37. The average Bonchev–Trinajstić information content (AvgIpc) is 1.99. The van der Waals surface area contributed by atoms with Crippen molar-refractivity contribution >= 4 is 0 Å². The summed E-state index contributed by atoms with van der Waals surface area (Å²) in [6.07, 6.45) is 6.64. The Balaban J connectivity index is 3.63. The summed E-state index contributed by atoms with van der Waals surface area (Å²) < 4.78 is 0.